The molecular weight excluding hydrogens is 202 g/mol. The minimum Gasteiger partial charge on any atom is -0.466 e. The molecule has 0 aromatic carbocycles. The zero-order valence-corrected chi connectivity index (χ0v) is 9.95. The fraction of sp³-hybridized carbons (Fsp3) is 0.923. The van der Waals surface area contributed by atoms with E-state index in [0.717, 1.165) is 5.92 Å². The van der Waals surface area contributed by atoms with E-state index in [2.05, 4.69) is 5.32 Å². The molecule has 2 heterocycles. The van der Waals surface area contributed by atoms with Gasteiger partial charge in [-0.15, -0.1) is 0 Å². The van der Waals surface area contributed by atoms with E-state index in [0.29, 0.717) is 24.6 Å². The lowest BCUT2D eigenvalue weighted by Gasteiger charge is -2.55. The lowest BCUT2D eigenvalue weighted by molar-refractivity contribution is -0.159. The highest BCUT2D eigenvalue weighted by Gasteiger charge is 2.52. The summed E-state index contributed by atoms with van der Waals surface area (Å²) in [6, 6.07) is 1.10. The van der Waals surface area contributed by atoms with Gasteiger partial charge in [-0.2, -0.15) is 0 Å². The van der Waals surface area contributed by atoms with Crippen molar-refractivity contribution in [2.75, 3.05) is 6.61 Å². The molecular formula is C13H21NO2. The van der Waals surface area contributed by atoms with E-state index in [1.807, 2.05) is 6.92 Å². The number of nitrogens with one attached hydrogen (secondary N) is 1. The second-order valence-electron chi connectivity index (χ2n) is 5.49. The molecule has 4 bridgehead atoms. The van der Waals surface area contributed by atoms with Crippen LogP contribution in [0, 0.1) is 17.8 Å². The molecule has 1 unspecified atom stereocenters. The zero-order valence-electron chi connectivity index (χ0n) is 9.95. The summed E-state index contributed by atoms with van der Waals surface area (Å²) in [7, 11) is 0. The summed E-state index contributed by atoms with van der Waals surface area (Å²) in [5.74, 6) is 1.55. The lowest BCUT2D eigenvalue weighted by Crippen LogP contribution is -2.64. The van der Waals surface area contributed by atoms with Crippen LogP contribution in [0.5, 0.6) is 0 Å². The smallest absolute Gasteiger partial charge is 0.310 e. The third-order valence-electron chi connectivity index (χ3n) is 4.81. The number of carbonyl (C=O) groups excluding carboxylic acids is 1. The number of hydrogen-bond acceptors (Lipinski definition) is 3. The predicted molar refractivity (Wildman–Crippen MR) is 60.9 cm³/mol. The Labute approximate surface area is 96.9 Å². The van der Waals surface area contributed by atoms with Crippen LogP contribution in [0.3, 0.4) is 0 Å². The lowest BCUT2D eigenvalue weighted by atomic mass is 9.58. The van der Waals surface area contributed by atoms with E-state index >= 15 is 0 Å². The minimum atomic E-state index is 0.0510. The first-order chi connectivity index (χ1) is 7.81. The van der Waals surface area contributed by atoms with Crippen LogP contribution in [-0.2, 0) is 9.53 Å². The predicted octanol–water partition coefficient (Wildman–Crippen LogP) is 1.72. The Bertz CT molecular complexity index is 292. The van der Waals surface area contributed by atoms with Crippen LogP contribution in [0.15, 0.2) is 0 Å². The molecule has 4 rings (SSSR count). The molecule has 0 aromatic heterocycles. The Morgan fingerprint density at radius 1 is 1.19 bits per heavy atom. The molecule has 2 saturated heterocycles. The molecule has 3 nitrogen and oxygen atoms in total. The topological polar surface area (TPSA) is 38.3 Å². The average Bonchev–Trinajstić information content (AvgIpc) is 2.29. The van der Waals surface area contributed by atoms with E-state index < -0.39 is 0 Å². The van der Waals surface area contributed by atoms with Crippen molar-refractivity contribution in [3.63, 3.8) is 0 Å². The Morgan fingerprint density at radius 3 is 2.88 bits per heavy atom. The van der Waals surface area contributed by atoms with Gasteiger partial charge in [0.15, 0.2) is 0 Å². The zero-order chi connectivity index (χ0) is 11.1. The van der Waals surface area contributed by atoms with Crippen LogP contribution in [0.25, 0.3) is 0 Å². The first-order valence-electron chi connectivity index (χ1n) is 6.74. The molecule has 2 aliphatic heterocycles. The van der Waals surface area contributed by atoms with Crippen molar-refractivity contribution in [2.45, 2.75) is 51.1 Å². The number of piperidine rings is 2. The summed E-state index contributed by atoms with van der Waals surface area (Å²) in [5, 5.41) is 3.67. The van der Waals surface area contributed by atoms with Gasteiger partial charge in [0, 0.05) is 12.1 Å². The molecule has 0 aromatic rings. The molecule has 2 saturated carbocycles. The summed E-state index contributed by atoms with van der Waals surface area (Å²) < 4.78 is 5.25. The van der Waals surface area contributed by atoms with Crippen LogP contribution < -0.4 is 5.32 Å². The second-order valence-corrected chi connectivity index (χ2v) is 5.49. The maximum atomic E-state index is 12.0. The van der Waals surface area contributed by atoms with E-state index in [1.165, 1.54) is 32.1 Å². The van der Waals surface area contributed by atoms with E-state index in [9.17, 15) is 4.79 Å². The van der Waals surface area contributed by atoms with Gasteiger partial charge in [0.2, 0.25) is 0 Å². The molecule has 90 valence electrons. The third kappa shape index (κ3) is 1.48. The number of hydrogen-bond donors (Lipinski definition) is 1. The van der Waals surface area contributed by atoms with Crippen LogP contribution in [0.2, 0.25) is 0 Å². The summed E-state index contributed by atoms with van der Waals surface area (Å²) in [5.41, 5.74) is 0. The highest BCUT2D eigenvalue weighted by molar-refractivity contribution is 5.74. The molecule has 3 heteroatoms. The third-order valence-corrected chi connectivity index (χ3v) is 4.81. The normalized spacial score (nSPS) is 45.4. The maximum absolute atomic E-state index is 12.0. The highest BCUT2D eigenvalue weighted by atomic mass is 16.5. The fourth-order valence-electron chi connectivity index (χ4n) is 4.26. The van der Waals surface area contributed by atoms with Gasteiger partial charge < -0.3 is 10.1 Å². The number of rotatable bonds is 2. The molecule has 1 N–H and O–H groups in total. The monoisotopic (exact) mass is 223 g/mol. The fourth-order valence-corrected chi connectivity index (χ4v) is 4.26. The number of fused-ring (bicyclic) bond motifs is 1. The highest BCUT2D eigenvalue weighted by Crippen LogP contribution is 2.48. The number of ether oxygens (including phenoxy) is 1. The van der Waals surface area contributed by atoms with Gasteiger partial charge >= 0.3 is 5.97 Å². The SMILES string of the molecule is CCOC(=O)C1[C@H]2CC[C@H]3[C@H](CCC[C@@H]13)N2. The minimum absolute atomic E-state index is 0.0510. The van der Waals surface area contributed by atoms with Crippen molar-refractivity contribution in [1.29, 1.82) is 0 Å². The molecule has 0 amide bonds. The van der Waals surface area contributed by atoms with Crippen molar-refractivity contribution in [1.82, 2.24) is 5.32 Å². The molecule has 0 spiro atoms. The summed E-state index contributed by atoms with van der Waals surface area (Å²) in [6.07, 6.45) is 6.32. The van der Waals surface area contributed by atoms with Crippen molar-refractivity contribution in [3.8, 4) is 0 Å². The first-order valence-corrected chi connectivity index (χ1v) is 6.74. The quantitative estimate of drug-likeness (QED) is 0.724. The summed E-state index contributed by atoms with van der Waals surface area (Å²) in [4.78, 5) is 12.0. The standard InChI is InChI=1S/C13H21NO2/c1-2-16-13(15)12-9-4-3-5-10-8(9)6-7-11(12)14-10/h8-12,14H,2-7H2,1H3/t8-,9-,10+,11-,12?/m1/s1. The summed E-state index contributed by atoms with van der Waals surface area (Å²) >= 11 is 0. The van der Waals surface area contributed by atoms with Crippen LogP contribution in [0.1, 0.15) is 39.0 Å². The van der Waals surface area contributed by atoms with Gasteiger partial charge in [-0.25, -0.2) is 0 Å². The van der Waals surface area contributed by atoms with Gasteiger partial charge in [-0.05, 0) is 44.4 Å². The van der Waals surface area contributed by atoms with E-state index in [1.54, 1.807) is 0 Å². The first kappa shape index (κ1) is 10.6. The van der Waals surface area contributed by atoms with Crippen LogP contribution >= 0.6 is 0 Å². The average molecular weight is 223 g/mol. The van der Waals surface area contributed by atoms with Crippen LogP contribution in [0.4, 0.5) is 0 Å². The molecule has 5 atom stereocenters. The maximum Gasteiger partial charge on any atom is 0.310 e. The van der Waals surface area contributed by atoms with Crippen molar-refractivity contribution in [2.24, 2.45) is 17.8 Å². The second kappa shape index (κ2) is 4.02. The van der Waals surface area contributed by atoms with E-state index in [-0.39, 0.29) is 11.9 Å². The van der Waals surface area contributed by atoms with Gasteiger partial charge in [-0.1, -0.05) is 6.42 Å². The molecule has 16 heavy (non-hydrogen) atoms. The Balaban J connectivity index is 1.81. The Morgan fingerprint density at radius 2 is 2.06 bits per heavy atom. The van der Waals surface area contributed by atoms with Gasteiger partial charge in [-0.3, -0.25) is 4.79 Å². The van der Waals surface area contributed by atoms with Gasteiger partial charge in [0.05, 0.1) is 12.5 Å². The molecule has 4 fully saturated rings. The largest absolute Gasteiger partial charge is 0.466 e. The number of esters is 1. The Hall–Kier alpha value is -0.570. The molecule has 0 radical (unpaired) electrons. The summed E-state index contributed by atoms with van der Waals surface area (Å²) in [6.45, 7) is 2.42. The van der Waals surface area contributed by atoms with Crippen LogP contribution in [-0.4, -0.2) is 24.7 Å². The number of carbonyl (C=O) groups is 1. The Kier molecular flexibility index (Phi) is 2.66. The van der Waals surface area contributed by atoms with Crippen molar-refractivity contribution < 1.29 is 9.53 Å². The van der Waals surface area contributed by atoms with Gasteiger partial charge in [0.1, 0.15) is 0 Å². The van der Waals surface area contributed by atoms with Gasteiger partial charge in [0.25, 0.3) is 0 Å². The molecule has 4 aliphatic rings. The van der Waals surface area contributed by atoms with Crippen molar-refractivity contribution >= 4 is 5.97 Å². The molecule has 2 aliphatic carbocycles. The van der Waals surface area contributed by atoms with E-state index in [4.69, 9.17) is 4.74 Å². The van der Waals surface area contributed by atoms with Crippen molar-refractivity contribution in [3.05, 3.63) is 0 Å².